The summed E-state index contributed by atoms with van der Waals surface area (Å²) in [5.74, 6) is 0.322. The van der Waals surface area contributed by atoms with Crippen molar-refractivity contribution in [3.05, 3.63) is 29.8 Å². The highest BCUT2D eigenvalue weighted by molar-refractivity contribution is 7.86. The third-order valence-corrected chi connectivity index (χ3v) is 3.45. The van der Waals surface area contributed by atoms with Gasteiger partial charge in [-0.25, -0.2) is 0 Å². The van der Waals surface area contributed by atoms with E-state index < -0.39 is 27.3 Å². The molecule has 0 bridgehead atoms. The van der Waals surface area contributed by atoms with E-state index in [1.54, 1.807) is 0 Å². The summed E-state index contributed by atoms with van der Waals surface area (Å²) in [6.07, 6.45) is -2.47. The van der Waals surface area contributed by atoms with Crippen molar-refractivity contribution in [3.8, 4) is 0 Å². The van der Waals surface area contributed by atoms with Gasteiger partial charge in [0.1, 0.15) is 11.0 Å². The van der Waals surface area contributed by atoms with Gasteiger partial charge in [-0.2, -0.15) is 21.0 Å². The van der Waals surface area contributed by atoms with Gasteiger partial charge >= 0.3 is 10.2 Å². The quantitative estimate of drug-likeness (QED) is 0.557. The molecule has 0 aromatic heterocycles. The molecule has 2 atom stereocenters. The van der Waals surface area contributed by atoms with Crippen molar-refractivity contribution in [2.45, 2.75) is 23.5 Å². The molecule has 0 amide bonds. The number of hydrogen-bond acceptors (Lipinski definition) is 5. The highest BCUT2D eigenvalue weighted by Gasteiger charge is 2.25. The van der Waals surface area contributed by atoms with Crippen molar-refractivity contribution < 1.29 is 22.5 Å². The van der Waals surface area contributed by atoms with Gasteiger partial charge in [0, 0.05) is 5.56 Å². The fraction of sp³-hybridized carbons (Fsp3) is 0.400. The van der Waals surface area contributed by atoms with Gasteiger partial charge < -0.3 is 10.2 Å². The number of aliphatic hydroxyl groups is 2. The second kappa shape index (κ2) is 5.81. The maximum atomic E-state index is 13.0. The maximum Gasteiger partial charge on any atom is 0.332 e. The van der Waals surface area contributed by atoms with Gasteiger partial charge in [0.25, 0.3) is 0 Å². The molecule has 0 fully saturated rings. The minimum Gasteiger partial charge on any atom is -0.390 e. The molecule has 1 rings (SSSR count). The van der Waals surface area contributed by atoms with Gasteiger partial charge in [0.05, 0.1) is 6.10 Å². The second-order valence-corrected chi connectivity index (χ2v) is 5.26. The number of halogens is 1. The normalized spacial score (nSPS) is 15.5. The van der Waals surface area contributed by atoms with Gasteiger partial charge in [-0.05, 0) is 18.2 Å². The lowest BCUT2D eigenvalue weighted by molar-refractivity contribution is 0.0156. The van der Waals surface area contributed by atoms with E-state index in [0.29, 0.717) is 5.75 Å². The molecule has 96 valence electrons. The first-order valence-electron chi connectivity index (χ1n) is 4.88. The first kappa shape index (κ1) is 14.4. The number of rotatable bonds is 5. The third kappa shape index (κ3) is 3.67. The van der Waals surface area contributed by atoms with Crippen molar-refractivity contribution in [1.82, 2.24) is 0 Å². The number of aliphatic hydroxyl groups excluding tert-OH is 2. The Bertz CT molecular complexity index is 475. The molecule has 0 aliphatic rings. The molecule has 0 aliphatic heterocycles. The summed E-state index contributed by atoms with van der Waals surface area (Å²) in [6, 6.07) is 5.11. The third-order valence-electron chi connectivity index (χ3n) is 2.29. The van der Waals surface area contributed by atoms with E-state index in [-0.39, 0.29) is 12.0 Å². The van der Waals surface area contributed by atoms with Crippen LogP contribution in [-0.2, 0) is 10.2 Å². The Labute approximate surface area is 105 Å². The van der Waals surface area contributed by atoms with Crippen LogP contribution >= 0.6 is 12.6 Å². The van der Waals surface area contributed by atoms with Crippen LogP contribution in [0.3, 0.4) is 0 Å². The Morgan fingerprint density at radius 3 is 2.41 bits per heavy atom. The molecule has 0 saturated carbocycles. The molecule has 17 heavy (non-hydrogen) atoms. The lowest BCUT2D eigenvalue weighted by Gasteiger charge is -2.18. The molecule has 2 unspecified atom stereocenters. The molecular weight excluding hydrogens is 267 g/mol. The van der Waals surface area contributed by atoms with Crippen LogP contribution < -0.4 is 0 Å². The molecule has 0 heterocycles. The van der Waals surface area contributed by atoms with E-state index in [1.807, 2.05) is 0 Å². The van der Waals surface area contributed by atoms with Crippen molar-refractivity contribution in [3.63, 3.8) is 0 Å². The molecular formula is C10H13FO4S2. The Hall–Kier alpha value is -0.630. The number of benzene rings is 1. The van der Waals surface area contributed by atoms with Crippen molar-refractivity contribution in [2.24, 2.45) is 0 Å². The van der Waals surface area contributed by atoms with Gasteiger partial charge in [-0.1, -0.05) is 18.2 Å². The summed E-state index contributed by atoms with van der Waals surface area (Å²) in [6.45, 7) is 0. The first-order chi connectivity index (χ1) is 7.88. The van der Waals surface area contributed by atoms with Crippen LogP contribution in [-0.4, -0.2) is 30.5 Å². The predicted octanol–water partition coefficient (Wildman–Crippen LogP) is 1.06. The monoisotopic (exact) mass is 280 g/mol. The first-order valence-corrected chi connectivity index (χ1v) is 6.90. The van der Waals surface area contributed by atoms with Crippen molar-refractivity contribution in [2.75, 3.05) is 5.75 Å². The summed E-state index contributed by atoms with van der Waals surface area (Å²) in [7, 11) is -4.92. The Morgan fingerprint density at radius 1 is 1.29 bits per heavy atom. The summed E-state index contributed by atoms with van der Waals surface area (Å²) in [4.78, 5) is -0.620. The molecule has 0 saturated heterocycles. The Morgan fingerprint density at radius 2 is 1.88 bits per heavy atom. The summed E-state index contributed by atoms with van der Waals surface area (Å²) >= 11 is 3.89. The average molecular weight is 280 g/mol. The minimum atomic E-state index is -4.92. The van der Waals surface area contributed by atoms with Gasteiger partial charge in [-0.15, -0.1) is 3.89 Å². The van der Waals surface area contributed by atoms with Gasteiger partial charge in [0.2, 0.25) is 0 Å². The number of thiol groups is 1. The molecule has 0 radical (unpaired) electrons. The smallest absolute Gasteiger partial charge is 0.332 e. The van der Waals surface area contributed by atoms with Crippen LogP contribution in [0.15, 0.2) is 29.2 Å². The zero-order valence-corrected chi connectivity index (χ0v) is 10.5. The minimum absolute atomic E-state index is 0.149. The van der Waals surface area contributed by atoms with E-state index in [9.17, 15) is 22.5 Å². The maximum absolute atomic E-state index is 13.0. The average Bonchev–Trinajstić information content (AvgIpc) is 2.27. The van der Waals surface area contributed by atoms with Crippen molar-refractivity contribution >= 4 is 22.9 Å². The van der Waals surface area contributed by atoms with E-state index in [0.717, 1.165) is 6.07 Å². The molecule has 4 nitrogen and oxygen atoms in total. The highest BCUT2D eigenvalue weighted by Crippen LogP contribution is 2.27. The van der Waals surface area contributed by atoms with Crippen LogP contribution in [0.25, 0.3) is 0 Å². The van der Waals surface area contributed by atoms with Crippen molar-refractivity contribution in [1.29, 1.82) is 0 Å². The Kier molecular flexibility index (Phi) is 4.93. The largest absolute Gasteiger partial charge is 0.390 e. The summed E-state index contributed by atoms with van der Waals surface area (Å²) in [5, 5.41) is 19.3. The van der Waals surface area contributed by atoms with Crippen LogP contribution in [0.5, 0.6) is 0 Å². The van der Waals surface area contributed by atoms with E-state index in [4.69, 9.17) is 0 Å². The zero-order valence-electron chi connectivity index (χ0n) is 8.82. The second-order valence-electron chi connectivity index (χ2n) is 3.50. The van der Waals surface area contributed by atoms with Gasteiger partial charge in [-0.3, -0.25) is 0 Å². The molecule has 0 spiro atoms. The van der Waals surface area contributed by atoms with E-state index in [1.165, 1.54) is 18.2 Å². The van der Waals surface area contributed by atoms with Crippen LogP contribution in [0, 0.1) is 0 Å². The van der Waals surface area contributed by atoms with E-state index in [2.05, 4.69) is 12.6 Å². The number of hydrogen-bond donors (Lipinski definition) is 3. The lowest BCUT2D eigenvalue weighted by Crippen LogP contribution is -2.20. The molecule has 1 aromatic carbocycles. The zero-order chi connectivity index (χ0) is 13.1. The molecule has 0 aliphatic carbocycles. The summed E-state index contributed by atoms with van der Waals surface area (Å²) in [5.41, 5.74) is -0.149. The lowest BCUT2D eigenvalue weighted by atomic mass is 10.0. The predicted molar refractivity (Wildman–Crippen MR) is 64.2 cm³/mol. The standard InChI is InChI=1S/C10H13FO4S2/c11-17(14,15)9-4-2-1-3-7(9)10(13)8(12)5-6-16/h1-4,8,10,12-13,16H,5-6H2. The highest BCUT2D eigenvalue weighted by atomic mass is 32.3. The van der Waals surface area contributed by atoms with Gasteiger partial charge in [0.15, 0.2) is 0 Å². The summed E-state index contributed by atoms with van der Waals surface area (Å²) < 4.78 is 34.7. The fourth-order valence-electron chi connectivity index (χ4n) is 1.44. The molecule has 2 N–H and O–H groups in total. The fourth-order valence-corrected chi connectivity index (χ4v) is 2.42. The van der Waals surface area contributed by atoms with Crippen LogP contribution in [0.4, 0.5) is 3.89 Å². The topological polar surface area (TPSA) is 74.6 Å². The SMILES string of the molecule is O=S(=O)(F)c1ccccc1C(O)C(O)CCS. The molecule has 7 heteroatoms. The van der Waals surface area contributed by atoms with Crippen LogP contribution in [0.1, 0.15) is 18.1 Å². The molecule has 1 aromatic rings. The Balaban J connectivity index is 3.14. The van der Waals surface area contributed by atoms with Crippen LogP contribution in [0.2, 0.25) is 0 Å². The van der Waals surface area contributed by atoms with E-state index >= 15 is 0 Å².